The van der Waals surface area contributed by atoms with Gasteiger partial charge < -0.3 is 4.98 Å². The molecule has 0 saturated carbocycles. The molecule has 2 aliphatic rings. The molecule has 2 aromatic carbocycles. The van der Waals surface area contributed by atoms with Gasteiger partial charge >= 0.3 is 0 Å². The second-order valence-electron chi connectivity index (χ2n) is 7.21. The van der Waals surface area contributed by atoms with Crippen molar-refractivity contribution < 1.29 is 0 Å². The highest BCUT2D eigenvalue weighted by molar-refractivity contribution is 5.77. The first kappa shape index (κ1) is 15.3. The van der Waals surface area contributed by atoms with Crippen LogP contribution in [0.15, 0.2) is 59.5 Å². The van der Waals surface area contributed by atoms with E-state index in [4.69, 9.17) is 0 Å². The van der Waals surface area contributed by atoms with Crippen LogP contribution in [0.4, 0.5) is 0 Å². The van der Waals surface area contributed by atoms with Crippen molar-refractivity contribution >= 4 is 0 Å². The second kappa shape index (κ2) is 5.80. The minimum Gasteiger partial charge on any atom is -0.311 e. The maximum absolute atomic E-state index is 12.7. The molecule has 0 saturated heterocycles. The molecule has 1 aromatic heterocycles. The van der Waals surface area contributed by atoms with Gasteiger partial charge in [0, 0.05) is 17.7 Å². The first-order valence-electron chi connectivity index (χ1n) is 9.16. The van der Waals surface area contributed by atoms with Crippen LogP contribution < -0.4 is 5.56 Å². The SMILES string of the molecule is Cc1ncc(C2Cc3ccccc3-c3ccc4c(c32)CC=CC4)c(=O)[nH]1. The molecule has 3 nitrogen and oxygen atoms in total. The Labute approximate surface area is 152 Å². The molecule has 3 heteroatoms. The van der Waals surface area contributed by atoms with E-state index in [0.717, 1.165) is 24.8 Å². The van der Waals surface area contributed by atoms with Crippen molar-refractivity contribution in [2.24, 2.45) is 0 Å². The molecule has 0 fully saturated rings. The van der Waals surface area contributed by atoms with Crippen LogP contribution in [-0.2, 0) is 19.3 Å². The number of rotatable bonds is 1. The molecule has 0 amide bonds. The lowest BCUT2D eigenvalue weighted by Gasteiger charge is -2.31. The minimum absolute atomic E-state index is 0.0169. The van der Waals surface area contributed by atoms with Crippen molar-refractivity contribution in [1.29, 1.82) is 0 Å². The topological polar surface area (TPSA) is 45.8 Å². The molecule has 0 aliphatic heterocycles. The molecule has 1 atom stereocenters. The molecule has 0 radical (unpaired) electrons. The Kier molecular flexibility index (Phi) is 3.42. The predicted molar refractivity (Wildman–Crippen MR) is 104 cm³/mol. The zero-order valence-corrected chi connectivity index (χ0v) is 14.8. The third kappa shape index (κ3) is 2.27. The second-order valence-corrected chi connectivity index (χ2v) is 7.21. The Bertz CT molecular complexity index is 1110. The van der Waals surface area contributed by atoms with E-state index in [0.29, 0.717) is 5.82 Å². The van der Waals surface area contributed by atoms with E-state index in [1.165, 1.54) is 33.4 Å². The molecule has 1 N–H and O–H groups in total. The van der Waals surface area contributed by atoms with E-state index < -0.39 is 0 Å². The highest BCUT2D eigenvalue weighted by atomic mass is 16.1. The van der Waals surface area contributed by atoms with Crippen molar-refractivity contribution in [3.8, 4) is 11.1 Å². The Morgan fingerprint density at radius 3 is 2.73 bits per heavy atom. The Balaban J connectivity index is 1.81. The summed E-state index contributed by atoms with van der Waals surface area (Å²) in [6, 6.07) is 13.1. The van der Waals surface area contributed by atoms with Crippen molar-refractivity contribution in [2.75, 3.05) is 0 Å². The summed E-state index contributed by atoms with van der Waals surface area (Å²) in [6.07, 6.45) is 9.01. The number of allylic oxidation sites excluding steroid dienone is 2. The van der Waals surface area contributed by atoms with E-state index in [-0.39, 0.29) is 11.5 Å². The number of aromatic nitrogens is 2. The molecule has 3 aromatic rings. The van der Waals surface area contributed by atoms with Gasteiger partial charge in [0.2, 0.25) is 0 Å². The van der Waals surface area contributed by atoms with E-state index in [2.05, 4.69) is 58.5 Å². The van der Waals surface area contributed by atoms with Gasteiger partial charge in [0.05, 0.1) is 0 Å². The zero-order chi connectivity index (χ0) is 17.7. The van der Waals surface area contributed by atoms with Gasteiger partial charge in [0.25, 0.3) is 5.56 Å². The number of aryl methyl sites for hydroxylation is 1. The van der Waals surface area contributed by atoms with E-state index in [9.17, 15) is 4.79 Å². The predicted octanol–water partition coefficient (Wildman–Crippen LogP) is 4.09. The van der Waals surface area contributed by atoms with Crippen LogP contribution in [0.2, 0.25) is 0 Å². The lowest BCUT2D eigenvalue weighted by Crippen LogP contribution is -2.24. The van der Waals surface area contributed by atoms with Gasteiger partial charge in [-0.3, -0.25) is 4.79 Å². The van der Waals surface area contributed by atoms with Crippen molar-refractivity contribution in [2.45, 2.75) is 32.1 Å². The van der Waals surface area contributed by atoms with Gasteiger partial charge in [0.15, 0.2) is 0 Å². The Morgan fingerprint density at radius 2 is 1.85 bits per heavy atom. The number of H-pyrrole nitrogens is 1. The van der Waals surface area contributed by atoms with Gasteiger partial charge in [-0.05, 0) is 59.6 Å². The Morgan fingerprint density at radius 1 is 1.00 bits per heavy atom. The highest BCUT2D eigenvalue weighted by Crippen LogP contribution is 2.45. The molecular weight excluding hydrogens is 320 g/mol. The van der Waals surface area contributed by atoms with Crippen LogP contribution in [0, 0.1) is 6.92 Å². The molecule has 1 heterocycles. The lowest BCUT2D eigenvalue weighted by molar-refractivity contribution is 0.754. The van der Waals surface area contributed by atoms with Crippen LogP contribution >= 0.6 is 0 Å². The number of aromatic amines is 1. The summed E-state index contributed by atoms with van der Waals surface area (Å²) in [5, 5.41) is 0. The first-order valence-corrected chi connectivity index (χ1v) is 9.16. The van der Waals surface area contributed by atoms with E-state index in [1.807, 2.05) is 6.92 Å². The summed E-state index contributed by atoms with van der Waals surface area (Å²) in [5.41, 5.74) is 8.72. The quantitative estimate of drug-likeness (QED) is 0.678. The van der Waals surface area contributed by atoms with E-state index >= 15 is 0 Å². The molecule has 26 heavy (non-hydrogen) atoms. The van der Waals surface area contributed by atoms with Crippen LogP contribution in [-0.4, -0.2) is 9.97 Å². The van der Waals surface area contributed by atoms with Gasteiger partial charge in [0.1, 0.15) is 5.82 Å². The maximum Gasteiger partial charge on any atom is 0.254 e. The smallest absolute Gasteiger partial charge is 0.254 e. The van der Waals surface area contributed by atoms with Gasteiger partial charge in [-0.2, -0.15) is 0 Å². The van der Waals surface area contributed by atoms with Crippen LogP contribution in [0.1, 0.15) is 39.6 Å². The number of fused-ring (bicyclic) bond motifs is 5. The molecule has 2 aliphatic carbocycles. The van der Waals surface area contributed by atoms with Crippen LogP contribution in [0.5, 0.6) is 0 Å². The lowest BCUT2D eigenvalue weighted by atomic mass is 9.72. The molecule has 5 rings (SSSR count). The Hall–Kier alpha value is -2.94. The average Bonchev–Trinajstić information content (AvgIpc) is 2.67. The van der Waals surface area contributed by atoms with Gasteiger partial charge in [-0.25, -0.2) is 4.98 Å². The summed E-state index contributed by atoms with van der Waals surface area (Å²) in [6.45, 7) is 1.82. The first-order chi connectivity index (χ1) is 12.7. The standard InChI is InChI=1S/C23H20N2O/c1-14-24-13-21(23(26)25-14)20-12-16-7-3-4-8-17(16)19-11-10-15-6-2-5-9-18(15)22(19)20/h2-5,7-8,10-11,13,20H,6,9,12H2,1H3,(H,24,25,26). The van der Waals surface area contributed by atoms with Gasteiger partial charge in [-0.1, -0.05) is 48.6 Å². The fraction of sp³-hybridized carbons (Fsp3) is 0.217. The monoisotopic (exact) mass is 340 g/mol. The molecule has 1 unspecified atom stereocenters. The van der Waals surface area contributed by atoms with Crippen LogP contribution in [0.25, 0.3) is 11.1 Å². The molecule has 0 spiro atoms. The highest BCUT2D eigenvalue weighted by Gasteiger charge is 2.31. The molecule has 0 bridgehead atoms. The minimum atomic E-state index is -0.0169. The third-order valence-electron chi connectivity index (χ3n) is 5.69. The molecule has 128 valence electrons. The van der Waals surface area contributed by atoms with Crippen molar-refractivity contribution in [1.82, 2.24) is 9.97 Å². The number of nitrogens with zero attached hydrogens (tertiary/aromatic N) is 1. The maximum atomic E-state index is 12.7. The number of nitrogens with one attached hydrogen (secondary N) is 1. The largest absolute Gasteiger partial charge is 0.311 e. The number of hydrogen-bond acceptors (Lipinski definition) is 2. The summed E-state index contributed by atoms with van der Waals surface area (Å²) in [4.78, 5) is 20.0. The number of benzene rings is 2. The summed E-state index contributed by atoms with van der Waals surface area (Å²) >= 11 is 0. The van der Waals surface area contributed by atoms with Crippen LogP contribution in [0.3, 0.4) is 0 Å². The van der Waals surface area contributed by atoms with E-state index in [1.54, 1.807) is 6.20 Å². The summed E-state index contributed by atoms with van der Waals surface area (Å²) < 4.78 is 0. The van der Waals surface area contributed by atoms with Gasteiger partial charge in [-0.15, -0.1) is 0 Å². The summed E-state index contributed by atoms with van der Waals surface area (Å²) in [5.74, 6) is 0.714. The fourth-order valence-electron chi connectivity index (χ4n) is 4.48. The summed E-state index contributed by atoms with van der Waals surface area (Å²) in [7, 11) is 0. The average molecular weight is 340 g/mol. The third-order valence-corrected chi connectivity index (χ3v) is 5.69. The number of hydrogen-bond donors (Lipinski definition) is 1. The zero-order valence-electron chi connectivity index (χ0n) is 14.8. The molecular formula is C23H20N2O. The fourth-order valence-corrected chi connectivity index (χ4v) is 4.48. The van der Waals surface area contributed by atoms with Crippen molar-refractivity contribution in [3.63, 3.8) is 0 Å². The normalized spacial score (nSPS) is 17.3. The van der Waals surface area contributed by atoms with Crippen molar-refractivity contribution in [3.05, 3.63) is 98.7 Å².